The Balaban J connectivity index is 1.49. The van der Waals surface area contributed by atoms with Gasteiger partial charge < -0.3 is 15.3 Å². The van der Waals surface area contributed by atoms with Crippen molar-refractivity contribution in [2.24, 2.45) is 0 Å². The number of carbonyl (C=O) groups is 1. The molecule has 0 fully saturated rings. The van der Waals surface area contributed by atoms with Crippen molar-refractivity contribution < 1.29 is 9.90 Å². The number of aromatic nitrogens is 3. The molecule has 2 N–H and O–H groups in total. The van der Waals surface area contributed by atoms with Crippen molar-refractivity contribution in [3.05, 3.63) is 95.4 Å². The number of aliphatic hydroxyl groups is 1. The van der Waals surface area contributed by atoms with Crippen molar-refractivity contribution in [3.8, 4) is 22.6 Å². The van der Waals surface area contributed by atoms with Crippen molar-refractivity contribution in [1.29, 1.82) is 0 Å². The summed E-state index contributed by atoms with van der Waals surface area (Å²) >= 11 is 0. The van der Waals surface area contributed by atoms with Gasteiger partial charge in [-0.05, 0) is 49.2 Å². The molecule has 7 nitrogen and oxygen atoms in total. The normalized spacial score (nSPS) is 13.7. The number of amides is 2. The maximum atomic E-state index is 13.2. The molecule has 0 bridgehead atoms. The predicted molar refractivity (Wildman–Crippen MR) is 136 cm³/mol. The van der Waals surface area contributed by atoms with Crippen LogP contribution in [-0.2, 0) is 13.0 Å². The lowest BCUT2D eigenvalue weighted by molar-refractivity contribution is 0.199. The van der Waals surface area contributed by atoms with Crippen LogP contribution in [0.2, 0.25) is 0 Å². The van der Waals surface area contributed by atoms with Crippen LogP contribution >= 0.6 is 0 Å². The highest BCUT2D eigenvalue weighted by atomic mass is 16.3. The first-order valence-electron chi connectivity index (χ1n) is 11.7. The van der Waals surface area contributed by atoms with Crippen molar-refractivity contribution in [1.82, 2.24) is 19.9 Å². The van der Waals surface area contributed by atoms with E-state index >= 15 is 0 Å². The molecule has 1 atom stereocenters. The molecule has 5 rings (SSSR count). The number of rotatable bonds is 4. The second kappa shape index (κ2) is 9.64. The fraction of sp³-hybridized carbons (Fsp3) is 0.214. The molecule has 0 spiro atoms. The molecule has 176 valence electrons. The minimum atomic E-state index is -0.600. The van der Waals surface area contributed by atoms with Gasteiger partial charge in [0.25, 0.3) is 0 Å². The molecule has 2 aromatic carbocycles. The first kappa shape index (κ1) is 22.7. The third kappa shape index (κ3) is 4.76. The van der Waals surface area contributed by atoms with E-state index in [1.807, 2.05) is 42.5 Å². The lowest BCUT2D eigenvalue weighted by atomic mass is 9.96. The summed E-state index contributed by atoms with van der Waals surface area (Å²) < 4.78 is 0. The monoisotopic (exact) mass is 465 g/mol. The van der Waals surface area contributed by atoms with E-state index in [1.54, 1.807) is 30.3 Å². The first-order valence-corrected chi connectivity index (χ1v) is 11.7. The Bertz CT molecular complexity index is 1370. The molecular formula is C28H27N5O2. The molecule has 1 unspecified atom stereocenters. The summed E-state index contributed by atoms with van der Waals surface area (Å²) in [5, 5.41) is 12.8. The summed E-state index contributed by atoms with van der Waals surface area (Å²) in [5.41, 5.74) is 7.18. The molecule has 0 radical (unpaired) electrons. The lowest BCUT2D eigenvalue weighted by Gasteiger charge is -2.30. The van der Waals surface area contributed by atoms with Gasteiger partial charge in [0.15, 0.2) is 5.82 Å². The van der Waals surface area contributed by atoms with Crippen molar-refractivity contribution in [2.75, 3.05) is 11.9 Å². The third-order valence-electron chi connectivity index (χ3n) is 6.29. The van der Waals surface area contributed by atoms with Gasteiger partial charge in [0.05, 0.1) is 24.0 Å². The average molecular weight is 466 g/mol. The van der Waals surface area contributed by atoms with Crippen LogP contribution in [0.1, 0.15) is 35.4 Å². The number of pyridine rings is 1. The van der Waals surface area contributed by atoms with Crippen LogP contribution in [-0.4, -0.2) is 37.5 Å². The van der Waals surface area contributed by atoms with Gasteiger partial charge in [0.2, 0.25) is 0 Å². The average Bonchev–Trinajstić information content (AvgIpc) is 2.88. The maximum absolute atomic E-state index is 13.2. The standard InChI is InChI=1S/C28H27N5O2/c1-18-7-3-4-11-23(18)26-24-17-33(28(35)30-22-10-5-8-20(15-22)19(2)34)14-12-25(24)31-27(32-26)21-9-6-13-29-16-21/h3-11,13,15-16,19,34H,12,14,17H2,1-2H3,(H,30,35). The number of fused-ring (bicyclic) bond motifs is 1. The highest BCUT2D eigenvalue weighted by molar-refractivity contribution is 5.89. The van der Waals surface area contributed by atoms with Crippen LogP contribution in [0.3, 0.4) is 0 Å². The second-order valence-electron chi connectivity index (χ2n) is 8.78. The fourth-order valence-corrected chi connectivity index (χ4v) is 4.35. The number of hydrogen-bond donors (Lipinski definition) is 2. The summed E-state index contributed by atoms with van der Waals surface area (Å²) in [6.45, 7) is 4.73. The van der Waals surface area contributed by atoms with Gasteiger partial charge in [0, 0.05) is 47.7 Å². The summed E-state index contributed by atoms with van der Waals surface area (Å²) in [6.07, 6.45) is 3.53. The number of nitrogens with one attached hydrogen (secondary N) is 1. The molecule has 7 heteroatoms. The highest BCUT2D eigenvalue weighted by Gasteiger charge is 2.27. The highest BCUT2D eigenvalue weighted by Crippen LogP contribution is 2.32. The van der Waals surface area contributed by atoms with E-state index in [0.29, 0.717) is 31.0 Å². The number of carbonyl (C=O) groups excluding carboxylic acids is 1. The van der Waals surface area contributed by atoms with E-state index in [2.05, 4.69) is 29.4 Å². The largest absolute Gasteiger partial charge is 0.389 e. The number of anilines is 1. The Kier molecular flexibility index (Phi) is 6.25. The zero-order valence-electron chi connectivity index (χ0n) is 19.8. The number of aliphatic hydroxyl groups excluding tert-OH is 1. The topological polar surface area (TPSA) is 91.2 Å². The summed E-state index contributed by atoms with van der Waals surface area (Å²) in [6, 6.07) is 19.1. The molecule has 35 heavy (non-hydrogen) atoms. The molecule has 0 aliphatic carbocycles. The summed E-state index contributed by atoms with van der Waals surface area (Å²) in [5.74, 6) is 0.642. The number of nitrogens with zero attached hydrogens (tertiary/aromatic N) is 4. The van der Waals surface area contributed by atoms with Gasteiger partial charge in [-0.3, -0.25) is 4.98 Å². The van der Waals surface area contributed by atoms with Crippen LogP contribution < -0.4 is 5.32 Å². The molecule has 1 aliphatic rings. The number of hydrogen-bond acceptors (Lipinski definition) is 5. The van der Waals surface area contributed by atoms with Gasteiger partial charge in [-0.25, -0.2) is 14.8 Å². The predicted octanol–water partition coefficient (Wildman–Crippen LogP) is 5.16. The van der Waals surface area contributed by atoms with E-state index in [4.69, 9.17) is 9.97 Å². The van der Waals surface area contributed by atoms with Crippen molar-refractivity contribution >= 4 is 11.7 Å². The molecule has 2 aromatic heterocycles. The zero-order chi connectivity index (χ0) is 24.4. The summed E-state index contributed by atoms with van der Waals surface area (Å²) in [4.78, 5) is 29.0. The third-order valence-corrected chi connectivity index (χ3v) is 6.29. The van der Waals surface area contributed by atoms with E-state index in [0.717, 1.165) is 39.2 Å². The van der Waals surface area contributed by atoms with Gasteiger partial charge in [-0.15, -0.1) is 0 Å². The minimum Gasteiger partial charge on any atom is -0.389 e. The number of benzene rings is 2. The van der Waals surface area contributed by atoms with E-state index in [-0.39, 0.29) is 6.03 Å². The molecule has 3 heterocycles. The van der Waals surface area contributed by atoms with Crippen LogP contribution in [0.15, 0.2) is 73.1 Å². The molecule has 2 amide bonds. The van der Waals surface area contributed by atoms with Gasteiger partial charge >= 0.3 is 6.03 Å². The van der Waals surface area contributed by atoms with Crippen LogP contribution in [0.4, 0.5) is 10.5 Å². The Morgan fingerprint density at radius 1 is 1.09 bits per heavy atom. The van der Waals surface area contributed by atoms with Crippen LogP contribution in [0.5, 0.6) is 0 Å². The fourth-order valence-electron chi connectivity index (χ4n) is 4.35. The zero-order valence-corrected chi connectivity index (χ0v) is 19.8. The first-order chi connectivity index (χ1) is 17.0. The lowest BCUT2D eigenvalue weighted by Crippen LogP contribution is -2.39. The van der Waals surface area contributed by atoms with Gasteiger partial charge in [-0.2, -0.15) is 0 Å². The molecule has 0 saturated heterocycles. The Labute approximate surface area is 204 Å². The van der Waals surface area contributed by atoms with Crippen LogP contribution in [0, 0.1) is 6.92 Å². The Morgan fingerprint density at radius 3 is 2.71 bits per heavy atom. The van der Waals surface area contributed by atoms with Crippen molar-refractivity contribution in [3.63, 3.8) is 0 Å². The summed E-state index contributed by atoms with van der Waals surface area (Å²) in [7, 11) is 0. The number of urea groups is 1. The van der Waals surface area contributed by atoms with Crippen LogP contribution in [0.25, 0.3) is 22.6 Å². The van der Waals surface area contributed by atoms with E-state index in [9.17, 15) is 9.90 Å². The Hall–Kier alpha value is -4.10. The van der Waals surface area contributed by atoms with E-state index in [1.165, 1.54) is 0 Å². The number of aryl methyl sites for hydroxylation is 1. The van der Waals surface area contributed by atoms with Gasteiger partial charge in [0.1, 0.15) is 0 Å². The second-order valence-corrected chi connectivity index (χ2v) is 8.78. The molecule has 0 saturated carbocycles. The SMILES string of the molecule is Cc1ccccc1-c1nc(-c2cccnc2)nc2c1CN(C(=O)Nc1cccc(C(C)O)c1)CC2. The Morgan fingerprint density at radius 2 is 1.94 bits per heavy atom. The van der Waals surface area contributed by atoms with Crippen molar-refractivity contribution in [2.45, 2.75) is 32.9 Å². The molecule has 4 aromatic rings. The smallest absolute Gasteiger partial charge is 0.322 e. The maximum Gasteiger partial charge on any atom is 0.322 e. The molecular weight excluding hydrogens is 438 g/mol. The van der Waals surface area contributed by atoms with E-state index < -0.39 is 6.10 Å². The molecule has 1 aliphatic heterocycles. The van der Waals surface area contributed by atoms with Gasteiger partial charge in [-0.1, -0.05) is 36.4 Å². The minimum absolute atomic E-state index is 0.189. The quantitative estimate of drug-likeness (QED) is 0.435.